The van der Waals surface area contributed by atoms with Crippen LogP contribution in [0.15, 0.2) is 42.9 Å². The Labute approximate surface area is 145 Å². The minimum absolute atomic E-state index is 0.0298. The van der Waals surface area contributed by atoms with Crippen molar-refractivity contribution in [1.82, 2.24) is 24.4 Å². The van der Waals surface area contributed by atoms with Gasteiger partial charge in [0.2, 0.25) is 11.8 Å². The molecule has 7 nitrogen and oxygen atoms in total. The predicted molar refractivity (Wildman–Crippen MR) is 92.1 cm³/mol. The summed E-state index contributed by atoms with van der Waals surface area (Å²) >= 11 is 0. The molecule has 1 aliphatic rings. The number of aryl methyl sites for hydroxylation is 1. The summed E-state index contributed by atoms with van der Waals surface area (Å²) in [7, 11) is 0. The second-order valence-corrected chi connectivity index (χ2v) is 6.17. The van der Waals surface area contributed by atoms with Gasteiger partial charge in [-0.1, -0.05) is 12.1 Å². The lowest BCUT2D eigenvalue weighted by atomic mass is 10.3. The maximum Gasteiger partial charge on any atom is 0.242 e. The van der Waals surface area contributed by atoms with Crippen LogP contribution in [0.4, 0.5) is 0 Å². The van der Waals surface area contributed by atoms with Gasteiger partial charge in [-0.05, 0) is 19.1 Å². The summed E-state index contributed by atoms with van der Waals surface area (Å²) in [4.78, 5) is 27.1. The Morgan fingerprint density at radius 3 is 3.04 bits per heavy atom. The van der Waals surface area contributed by atoms with Crippen molar-refractivity contribution in [2.24, 2.45) is 0 Å². The molecule has 1 atom stereocenters. The molecular formula is C18H19N5O2. The second kappa shape index (κ2) is 6.51. The minimum Gasteiger partial charge on any atom is -0.472 e. The van der Waals surface area contributed by atoms with Crippen LogP contribution in [0.2, 0.25) is 0 Å². The fourth-order valence-corrected chi connectivity index (χ4v) is 3.10. The average Bonchev–Trinajstić information content (AvgIpc) is 3.23. The van der Waals surface area contributed by atoms with Crippen LogP contribution in [0.25, 0.3) is 11.0 Å². The molecule has 2 aromatic heterocycles. The summed E-state index contributed by atoms with van der Waals surface area (Å²) in [6.45, 7) is 3.39. The van der Waals surface area contributed by atoms with Crippen molar-refractivity contribution >= 4 is 16.9 Å². The van der Waals surface area contributed by atoms with Gasteiger partial charge in [0.15, 0.2) is 0 Å². The number of rotatable bonds is 4. The van der Waals surface area contributed by atoms with E-state index in [2.05, 4.69) is 15.0 Å². The van der Waals surface area contributed by atoms with Crippen LogP contribution in [0.3, 0.4) is 0 Å². The number of fused-ring (bicyclic) bond motifs is 1. The number of carbonyl (C=O) groups is 1. The smallest absolute Gasteiger partial charge is 0.242 e. The first kappa shape index (κ1) is 15.6. The number of likely N-dealkylation sites (tertiary alicyclic amines) is 1. The highest BCUT2D eigenvalue weighted by atomic mass is 16.5. The van der Waals surface area contributed by atoms with Gasteiger partial charge >= 0.3 is 0 Å². The molecular weight excluding hydrogens is 318 g/mol. The third-order valence-electron chi connectivity index (χ3n) is 4.37. The first-order valence-corrected chi connectivity index (χ1v) is 8.33. The highest BCUT2D eigenvalue weighted by molar-refractivity contribution is 5.80. The Kier molecular flexibility index (Phi) is 4.05. The van der Waals surface area contributed by atoms with E-state index < -0.39 is 0 Å². The summed E-state index contributed by atoms with van der Waals surface area (Å²) in [5.41, 5.74) is 1.87. The number of nitrogens with zero attached hydrogens (tertiary/aromatic N) is 5. The van der Waals surface area contributed by atoms with E-state index in [0.29, 0.717) is 31.3 Å². The molecule has 0 N–H and O–H groups in total. The van der Waals surface area contributed by atoms with Crippen LogP contribution in [-0.4, -0.2) is 49.5 Å². The zero-order valence-corrected chi connectivity index (χ0v) is 14.0. The minimum atomic E-state index is -0.0298. The molecule has 0 bridgehead atoms. The number of imidazole rings is 1. The molecule has 3 heterocycles. The predicted octanol–water partition coefficient (Wildman–Crippen LogP) is 1.81. The van der Waals surface area contributed by atoms with E-state index in [1.54, 1.807) is 18.6 Å². The topological polar surface area (TPSA) is 73.1 Å². The third kappa shape index (κ3) is 3.31. The number of aromatic nitrogens is 4. The lowest BCUT2D eigenvalue weighted by Gasteiger charge is -2.17. The number of hydrogen-bond acceptors (Lipinski definition) is 5. The normalized spacial score (nSPS) is 17.2. The van der Waals surface area contributed by atoms with E-state index in [1.807, 2.05) is 40.7 Å². The highest BCUT2D eigenvalue weighted by Gasteiger charge is 2.28. The van der Waals surface area contributed by atoms with Gasteiger partial charge in [-0.25, -0.2) is 9.97 Å². The van der Waals surface area contributed by atoms with Crippen LogP contribution in [0.5, 0.6) is 5.88 Å². The van der Waals surface area contributed by atoms with Gasteiger partial charge in [0.1, 0.15) is 18.5 Å². The molecule has 0 unspecified atom stereocenters. The van der Waals surface area contributed by atoms with Gasteiger partial charge in [-0.15, -0.1) is 0 Å². The second-order valence-electron chi connectivity index (χ2n) is 6.17. The lowest BCUT2D eigenvalue weighted by molar-refractivity contribution is -0.131. The zero-order valence-electron chi connectivity index (χ0n) is 14.0. The Morgan fingerprint density at radius 2 is 2.16 bits per heavy atom. The fourth-order valence-electron chi connectivity index (χ4n) is 3.10. The molecule has 0 spiro atoms. The zero-order chi connectivity index (χ0) is 17.2. The Bertz CT molecular complexity index is 907. The first-order chi connectivity index (χ1) is 12.2. The van der Waals surface area contributed by atoms with Crippen molar-refractivity contribution in [3.05, 3.63) is 48.7 Å². The van der Waals surface area contributed by atoms with Crippen LogP contribution in [0, 0.1) is 6.92 Å². The molecule has 1 fully saturated rings. The summed E-state index contributed by atoms with van der Waals surface area (Å²) in [5.74, 6) is 1.32. The van der Waals surface area contributed by atoms with E-state index in [1.165, 1.54) is 0 Å². The SMILES string of the molecule is Cc1nccc(O[C@H]2CCN(C(=O)Cn3cnc4ccccc43)C2)n1. The van der Waals surface area contributed by atoms with Crippen molar-refractivity contribution in [3.63, 3.8) is 0 Å². The lowest BCUT2D eigenvalue weighted by Crippen LogP contribution is -2.33. The molecule has 0 saturated carbocycles. The summed E-state index contributed by atoms with van der Waals surface area (Å²) < 4.78 is 7.77. The summed E-state index contributed by atoms with van der Waals surface area (Å²) in [5, 5.41) is 0. The van der Waals surface area contributed by atoms with Crippen LogP contribution in [0.1, 0.15) is 12.2 Å². The molecule has 1 aliphatic heterocycles. The standard InChI is InChI=1S/C18H19N5O2/c1-13-19-8-6-17(21-13)25-14-7-9-22(10-14)18(24)11-23-12-20-15-4-2-3-5-16(15)23/h2-6,8,12,14H,7,9-11H2,1H3/t14-/m0/s1. The van der Waals surface area contributed by atoms with Crippen molar-refractivity contribution in [2.75, 3.05) is 13.1 Å². The molecule has 7 heteroatoms. The number of carbonyl (C=O) groups excluding carboxylic acids is 1. The van der Waals surface area contributed by atoms with E-state index in [9.17, 15) is 4.79 Å². The fraction of sp³-hybridized carbons (Fsp3) is 0.333. The van der Waals surface area contributed by atoms with Gasteiger partial charge in [-0.3, -0.25) is 4.79 Å². The Hall–Kier alpha value is -2.96. The number of amides is 1. The maximum atomic E-state index is 12.6. The average molecular weight is 337 g/mol. The Balaban J connectivity index is 1.39. The van der Waals surface area contributed by atoms with Gasteiger partial charge in [0, 0.05) is 25.2 Å². The van der Waals surface area contributed by atoms with E-state index in [-0.39, 0.29) is 12.0 Å². The van der Waals surface area contributed by atoms with Gasteiger partial charge in [0.05, 0.1) is 23.9 Å². The number of ether oxygens (including phenoxy) is 1. The molecule has 3 aromatic rings. The van der Waals surface area contributed by atoms with Gasteiger partial charge in [-0.2, -0.15) is 4.98 Å². The monoisotopic (exact) mass is 337 g/mol. The molecule has 1 saturated heterocycles. The molecule has 128 valence electrons. The van der Waals surface area contributed by atoms with Crippen molar-refractivity contribution in [2.45, 2.75) is 26.0 Å². The molecule has 4 rings (SSSR count). The van der Waals surface area contributed by atoms with Gasteiger partial charge in [0.25, 0.3) is 0 Å². The number of benzene rings is 1. The van der Waals surface area contributed by atoms with Crippen molar-refractivity contribution < 1.29 is 9.53 Å². The number of para-hydroxylation sites is 2. The van der Waals surface area contributed by atoms with E-state index in [0.717, 1.165) is 17.5 Å². The van der Waals surface area contributed by atoms with Crippen molar-refractivity contribution in [3.8, 4) is 5.88 Å². The molecule has 25 heavy (non-hydrogen) atoms. The maximum absolute atomic E-state index is 12.6. The summed E-state index contributed by atoms with van der Waals surface area (Å²) in [6.07, 6.45) is 4.17. The molecule has 1 amide bonds. The third-order valence-corrected chi connectivity index (χ3v) is 4.37. The largest absolute Gasteiger partial charge is 0.472 e. The van der Waals surface area contributed by atoms with E-state index in [4.69, 9.17) is 4.74 Å². The summed E-state index contributed by atoms with van der Waals surface area (Å²) in [6, 6.07) is 9.56. The molecule has 0 aliphatic carbocycles. The first-order valence-electron chi connectivity index (χ1n) is 8.33. The molecule has 1 aromatic carbocycles. The van der Waals surface area contributed by atoms with Crippen molar-refractivity contribution in [1.29, 1.82) is 0 Å². The van der Waals surface area contributed by atoms with Crippen LogP contribution < -0.4 is 4.74 Å². The van der Waals surface area contributed by atoms with Gasteiger partial charge < -0.3 is 14.2 Å². The highest BCUT2D eigenvalue weighted by Crippen LogP contribution is 2.18. The van der Waals surface area contributed by atoms with Crippen LogP contribution in [-0.2, 0) is 11.3 Å². The quantitative estimate of drug-likeness (QED) is 0.726. The van der Waals surface area contributed by atoms with E-state index >= 15 is 0 Å². The molecule has 0 radical (unpaired) electrons. The number of hydrogen-bond donors (Lipinski definition) is 0. The van der Waals surface area contributed by atoms with Crippen LogP contribution >= 0.6 is 0 Å². The Morgan fingerprint density at radius 1 is 1.28 bits per heavy atom.